The average molecular weight is 274 g/mol. The maximum absolute atomic E-state index is 9.83. The Labute approximate surface area is 108 Å². The van der Waals surface area contributed by atoms with Gasteiger partial charge in [0.25, 0.3) is 0 Å². The Balaban J connectivity index is 0.000000356. The molecule has 0 bridgehead atoms. The standard InChI is InChI=1S/C6H6O2.C5H8O6/c7-5-2-1-3-6(8)4-5;1-3(11-5(8)9)2-10-4(6)7/h1-4,7-8H;3H,2H2,1H3,(H,6,7)(H,8,9). The zero-order chi connectivity index (χ0) is 14.8. The Morgan fingerprint density at radius 3 is 2.00 bits per heavy atom. The molecule has 0 amide bonds. The van der Waals surface area contributed by atoms with E-state index in [9.17, 15) is 9.59 Å². The second-order valence-corrected chi connectivity index (χ2v) is 3.29. The summed E-state index contributed by atoms with van der Waals surface area (Å²) in [5.41, 5.74) is 0. The van der Waals surface area contributed by atoms with Gasteiger partial charge >= 0.3 is 12.3 Å². The van der Waals surface area contributed by atoms with Crippen LogP contribution < -0.4 is 0 Å². The first-order valence-electron chi connectivity index (χ1n) is 5.04. The van der Waals surface area contributed by atoms with E-state index in [0.29, 0.717) is 0 Å². The van der Waals surface area contributed by atoms with E-state index in [4.69, 9.17) is 20.4 Å². The van der Waals surface area contributed by atoms with E-state index in [1.807, 2.05) is 0 Å². The number of benzene rings is 1. The summed E-state index contributed by atoms with van der Waals surface area (Å²) in [6.07, 6.45) is -3.68. The number of hydrogen-bond acceptors (Lipinski definition) is 6. The molecular weight excluding hydrogens is 260 g/mol. The molecule has 0 heterocycles. The van der Waals surface area contributed by atoms with Crippen molar-refractivity contribution in [3.63, 3.8) is 0 Å². The van der Waals surface area contributed by atoms with Crippen LogP contribution in [0, 0.1) is 0 Å². The SMILES string of the molecule is CC(COC(=O)O)OC(=O)O.Oc1cccc(O)c1. The van der Waals surface area contributed by atoms with Crippen molar-refractivity contribution in [3.05, 3.63) is 24.3 Å². The number of carbonyl (C=O) groups is 2. The molecule has 106 valence electrons. The van der Waals surface area contributed by atoms with Gasteiger partial charge in [-0.1, -0.05) is 6.07 Å². The third-order valence-corrected chi connectivity index (χ3v) is 1.57. The van der Waals surface area contributed by atoms with Crippen molar-refractivity contribution in [2.75, 3.05) is 6.61 Å². The van der Waals surface area contributed by atoms with Crippen LogP contribution in [0.25, 0.3) is 0 Å². The summed E-state index contributed by atoms with van der Waals surface area (Å²) in [4.78, 5) is 19.6. The number of hydrogen-bond donors (Lipinski definition) is 4. The molecule has 0 saturated heterocycles. The van der Waals surface area contributed by atoms with E-state index in [1.165, 1.54) is 25.1 Å². The number of phenolic OH excluding ortho intramolecular Hbond substituents is 2. The zero-order valence-electron chi connectivity index (χ0n) is 10.0. The van der Waals surface area contributed by atoms with Crippen LogP contribution in [0.4, 0.5) is 9.59 Å². The summed E-state index contributed by atoms with van der Waals surface area (Å²) in [5.74, 6) is 0.176. The third-order valence-electron chi connectivity index (χ3n) is 1.57. The van der Waals surface area contributed by atoms with Gasteiger partial charge in [0.1, 0.15) is 24.2 Å². The van der Waals surface area contributed by atoms with Crippen molar-refractivity contribution in [3.8, 4) is 11.5 Å². The van der Waals surface area contributed by atoms with Gasteiger partial charge in [-0.15, -0.1) is 0 Å². The number of carboxylic acid groups (broad SMARTS) is 2. The van der Waals surface area contributed by atoms with Crippen LogP contribution >= 0.6 is 0 Å². The summed E-state index contributed by atoms with van der Waals surface area (Å²) < 4.78 is 8.16. The highest BCUT2D eigenvalue weighted by Gasteiger charge is 2.09. The lowest BCUT2D eigenvalue weighted by Crippen LogP contribution is -2.20. The van der Waals surface area contributed by atoms with Crippen LogP contribution in [0.3, 0.4) is 0 Å². The first kappa shape index (κ1) is 16.4. The largest absolute Gasteiger partial charge is 0.508 e. The second kappa shape index (κ2) is 8.45. The molecule has 0 fully saturated rings. The number of rotatable bonds is 3. The van der Waals surface area contributed by atoms with Crippen molar-refractivity contribution >= 4 is 12.3 Å². The molecule has 0 saturated carbocycles. The lowest BCUT2D eigenvalue weighted by atomic mass is 10.3. The monoisotopic (exact) mass is 274 g/mol. The molecule has 8 nitrogen and oxygen atoms in total. The highest BCUT2D eigenvalue weighted by Crippen LogP contribution is 2.14. The molecule has 0 aliphatic carbocycles. The molecule has 0 aliphatic heterocycles. The van der Waals surface area contributed by atoms with Crippen molar-refractivity contribution in [1.29, 1.82) is 0 Å². The number of ether oxygens (including phenoxy) is 2. The van der Waals surface area contributed by atoms with Crippen molar-refractivity contribution in [2.24, 2.45) is 0 Å². The summed E-state index contributed by atoms with van der Waals surface area (Å²) in [7, 11) is 0. The van der Waals surface area contributed by atoms with Crippen LogP contribution in [0.2, 0.25) is 0 Å². The minimum Gasteiger partial charge on any atom is -0.508 e. The smallest absolute Gasteiger partial charge is 0.506 e. The highest BCUT2D eigenvalue weighted by molar-refractivity contribution is 5.58. The Morgan fingerprint density at radius 2 is 1.68 bits per heavy atom. The minimum atomic E-state index is -1.45. The molecule has 0 spiro atoms. The topological polar surface area (TPSA) is 134 Å². The molecule has 1 aromatic carbocycles. The molecule has 1 unspecified atom stereocenters. The van der Waals surface area contributed by atoms with E-state index in [-0.39, 0.29) is 18.1 Å². The molecule has 1 atom stereocenters. The summed E-state index contributed by atoms with van der Waals surface area (Å²) in [6, 6.07) is 5.85. The predicted molar refractivity (Wildman–Crippen MR) is 62.3 cm³/mol. The molecule has 4 N–H and O–H groups in total. The Hall–Kier alpha value is -2.64. The number of aromatic hydroxyl groups is 2. The van der Waals surface area contributed by atoms with E-state index >= 15 is 0 Å². The van der Waals surface area contributed by atoms with Crippen molar-refractivity contribution < 1.29 is 39.5 Å². The van der Waals surface area contributed by atoms with Crippen LogP contribution in [0.1, 0.15) is 6.92 Å². The van der Waals surface area contributed by atoms with Crippen LogP contribution in [0.15, 0.2) is 24.3 Å². The third kappa shape index (κ3) is 10.2. The fourth-order valence-electron chi connectivity index (χ4n) is 0.888. The van der Waals surface area contributed by atoms with Crippen LogP contribution in [-0.4, -0.2) is 45.4 Å². The van der Waals surface area contributed by atoms with Gasteiger partial charge in [0, 0.05) is 6.07 Å². The Morgan fingerprint density at radius 1 is 1.16 bits per heavy atom. The predicted octanol–water partition coefficient (Wildman–Crippen LogP) is 1.86. The van der Waals surface area contributed by atoms with Crippen LogP contribution in [-0.2, 0) is 9.47 Å². The Kier molecular flexibility index (Phi) is 7.28. The summed E-state index contributed by atoms with van der Waals surface area (Å²) in [5, 5.41) is 33.3. The van der Waals surface area contributed by atoms with Gasteiger partial charge in [0.05, 0.1) is 0 Å². The highest BCUT2D eigenvalue weighted by atomic mass is 16.7. The van der Waals surface area contributed by atoms with Gasteiger partial charge in [-0.25, -0.2) is 9.59 Å². The van der Waals surface area contributed by atoms with Gasteiger partial charge in [-0.2, -0.15) is 0 Å². The molecule has 1 rings (SSSR count). The maximum Gasteiger partial charge on any atom is 0.506 e. The molecular formula is C11H14O8. The van der Waals surface area contributed by atoms with Gasteiger partial charge in [-0.05, 0) is 19.1 Å². The number of phenols is 2. The molecule has 8 heteroatoms. The van der Waals surface area contributed by atoms with Crippen molar-refractivity contribution in [2.45, 2.75) is 13.0 Å². The summed E-state index contributed by atoms with van der Waals surface area (Å²) in [6.45, 7) is 1.10. The van der Waals surface area contributed by atoms with Gasteiger partial charge in [0.15, 0.2) is 0 Å². The van der Waals surface area contributed by atoms with Crippen LogP contribution in [0.5, 0.6) is 11.5 Å². The lowest BCUT2D eigenvalue weighted by Gasteiger charge is -2.08. The summed E-state index contributed by atoms with van der Waals surface area (Å²) >= 11 is 0. The first-order chi connectivity index (χ1) is 8.81. The van der Waals surface area contributed by atoms with E-state index < -0.39 is 18.4 Å². The first-order valence-corrected chi connectivity index (χ1v) is 5.04. The molecule has 1 aromatic rings. The Bertz CT molecular complexity index is 400. The van der Waals surface area contributed by atoms with Gasteiger partial charge in [-0.3, -0.25) is 0 Å². The molecule has 0 aliphatic rings. The molecule has 0 aromatic heterocycles. The van der Waals surface area contributed by atoms with Gasteiger partial charge in [0.2, 0.25) is 0 Å². The normalized spacial score (nSPS) is 10.6. The van der Waals surface area contributed by atoms with E-state index in [0.717, 1.165) is 0 Å². The second-order valence-electron chi connectivity index (χ2n) is 3.29. The minimum absolute atomic E-state index is 0.0880. The zero-order valence-corrected chi connectivity index (χ0v) is 10.0. The van der Waals surface area contributed by atoms with E-state index in [1.54, 1.807) is 6.07 Å². The lowest BCUT2D eigenvalue weighted by molar-refractivity contribution is 0.0122. The fourth-order valence-corrected chi connectivity index (χ4v) is 0.888. The quantitative estimate of drug-likeness (QED) is 0.613. The van der Waals surface area contributed by atoms with E-state index in [2.05, 4.69) is 9.47 Å². The molecule has 0 radical (unpaired) electrons. The fraction of sp³-hybridized carbons (Fsp3) is 0.273. The van der Waals surface area contributed by atoms with Crippen molar-refractivity contribution in [1.82, 2.24) is 0 Å². The van der Waals surface area contributed by atoms with Gasteiger partial charge < -0.3 is 29.9 Å². The average Bonchev–Trinajstić information content (AvgIpc) is 2.26. The molecule has 19 heavy (non-hydrogen) atoms. The maximum atomic E-state index is 9.83.